The van der Waals surface area contributed by atoms with Crippen LogP contribution in [0.3, 0.4) is 0 Å². The van der Waals surface area contributed by atoms with Crippen LogP contribution in [0, 0.1) is 13.8 Å². The molecule has 0 saturated heterocycles. The van der Waals surface area contributed by atoms with Crippen molar-refractivity contribution in [3.8, 4) is 0 Å². The minimum Gasteiger partial charge on any atom is -0.469 e. The lowest BCUT2D eigenvalue weighted by Gasteiger charge is -2.18. The summed E-state index contributed by atoms with van der Waals surface area (Å²) in [5, 5.41) is 0. The second-order valence-corrected chi connectivity index (χ2v) is 13.1. The monoisotopic (exact) mass is 666 g/mol. The number of esters is 3. The fraction of sp³-hybridized carbons (Fsp3) is 0.410. The van der Waals surface area contributed by atoms with E-state index < -0.39 is 0 Å². The Morgan fingerprint density at radius 2 is 1.29 bits per heavy atom. The molecule has 0 saturated carbocycles. The number of nitrogens with zero attached hydrogens (tertiary/aromatic N) is 2. The van der Waals surface area contributed by atoms with Crippen LogP contribution in [0.2, 0.25) is 0 Å². The molecule has 0 fully saturated rings. The van der Waals surface area contributed by atoms with E-state index in [1.165, 1.54) is 21.1 Å². The SMILES string of the molecule is COC(=O)CCC1=C(C)c2cc3cc(C)c(cc4[nH]c(cc5nc(cc1n2)C(CCC(=O)OC)=C5C)c(C)c4C(C)CC(C)OC(C)=O)[nH]3. The molecule has 10 heteroatoms. The topological polar surface area (TPSA) is 136 Å². The predicted molar refractivity (Wildman–Crippen MR) is 192 cm³/mol. The molecule has 0 spiro atoms. The Morgan fingerprint density at radius 1 is 0.714 bits per heavy atom. The number of nitrogens with one attached hydrogen (secondary N) is 2. The first-order valence-corrected chi connectivity index (χ1v) is 16.7. The van der Waals surface area contributed by atoms with Crippen LogP contribution < -0.4 is 0 Å². The maximum absolute atomic E-state index is 12.3. The molecule has 258 valence electrons. The van der Waals surface area contributed by atoms with E-state index in [9.17, 15) is 14.4 Å². The van der Waals surface area contributed by atoms with Gasteiger partial charge in [0.15, 0.2) is 0 Å². The highest BCUT2D eigenvalue weighted by Crippen LogP contribution is 2.38. The normalized spacial score (nSPS) is 14.1. The summed E-state index contributed by atoms with van der Waals surface area (Å²) in [5.74, 6) is -0.798. The summed E-state index contributed by atoms with van der Waals surface area (Å²) >= 11 is 0. The maximum Gasteiger partial charge on any atom is 0.305 e. The number of hydrogen-bond acceptors (Lipinski definition) is 8. The number of carbonyl (C=O) groups excluding carboxylic acids is 3. The van der Waals surface area contributed by atoms with Crippen molar-refractivity contribution in [1.82, 2.24) is 19.9 Å². The third-order valence-electron chi connectivity index (χ3n) is 9.51. The molecule has 5 rings (SSSR count). The maximum atomic E-state index is 12.3. The summed E-state index contributed by atoms with van der Waals surface area (Å²) in [6.45, 7) is 13.7. The van der Waals surface area contributed by atoms with E-state index in [0.29, 0.717) is 19.3 Å². The van der Waals surface area contributed by atoms with Crippen LogP contribution in [0.1, 0.15) is 112 Å². The van der Waals surface area contributed by atoms with Gasteiger partial charge in [-0.25, -0.2) is 9.97 Å². The van der Waals surface area contributed by atoms with Gasteiger partial charge in [0.25, 0.3) is 0 Å². The van der Waals surface area contributed by atoms with Gasteiger partial charge >= 0.3 is 17.9 Å². The molecule has 2 aliphatic heterocycles. The van der Waals surface area contributed by atoms with Crippen LogP contribution in [0.4, 0.5) is 0 Å². The van der Waals surface area contributed by atoms with E-state index in [1.54, 1.807) is 0 Å². The molecule has 0 aromatic carbocycles. The lowest BCUT2D eigenvalue weighted by atomic mass is 9.92. The molecule has 2 aliphatic rings. The van der Waals surface area contributed by atoms with Crippen LogP contribution in [0.15, 0.2) is 30.3 Å². The first-order chi connectivity index (χ1) is 23.3. The second-order valence-electron chi connectivity index (χ2n) is 13.1. The minimum absolute atomic E-state index is 0.0771. The summed E-state index contributed by atoms with van der Waals surface area (Å²) in [6, 6.07) is 10.3. The number of aromatic amines is 2. The molecule has 10 nitrogen and oxygen atoms in total. The number of allylic oxidation sites excluding steroid dienone is 4. The number of hydrogen-bond donors (Lipinski definition) is 2. The molecular weight excluding hydrogens is 620 g/mol. The third kappa shape index (κ3) is 7.69. The molecule has 2 N–H and O–H groups in total. The summed E-state index contributed by atoms with van der Waals surface area (Å²) in [5.41, 5.74) is 13.9. The molecule has 2 unspecified atom stereocenters. The predicted octanol–water partition coefficient (Wildman–Crippen LogP) is 8.14. The van der Waals surface area contributed by atoms with Gasteiger partial charge in [0.2, 0.25) is 0 Å². The smallest absolute Gasteiger partial charge is 0.305 e. The molecule has 0 radical (unpaired) electrons. The first kappa shape index (κ1) is 35.3. The van der Waals surface area contributed by atoms with Crippen molar-refractivity contribution in [2.24, 2.45) is 0 Å². The molecule has 8 bridgehead atoms. The zero-order chi connectivity index (χ0) is 35.6. The number of H-pyrrole nitrogens is 2. The van der Waals surface area contributed by atoms with Gasteiger partial charge in [0, 0.05) is 41.8 Å². The quantitative estimate of drug-likeness (QED) is 0.163. The van der Waals surface area contributed by atoms with Crippen LogP contribution in [0.25, 0.3) is 44.4 Å². The Morgan fingerprint density at radius 3 is 1.84 bits per heavy atom. The van der Waals surface area contributed by atoms with Crippen molar-refractivity contribution in [1.29, 1.82) is 0 Å². The fourth-order valence-corrected chi connectivity index (χ4v) is 6.95. The summed E-state index contributed by atoms with van der Waals surface area (Å²) in [6.07, 6.45) is 1.76. The number of aromatic nitrogens is 4. The summed E-state index contributed by atoms with van der Waals surface area (Å²) < 4.78 is 15.4. The highest BCUT2D eigenvalue weighted by molar-refractivity contribution is 5.96. The van der Waals surface area contributed by atoms with Gasteiger partial charge in [-0.15, -0.1) is 0 Å². The number of rotatable bonds is 10. The van der Waals surface area contributed by atoms with Gasteiger partial charge in [-0.2, -0.15) is 0 Å². The van der Waals surface area contributed by atoms with Gasteiger partial charge in [-0.3, -0.25) is 14.4 Å². The van der Waals surface area contributed by atoms with Crippen LogP contribution >= 0.6 is 0 Å². The van der Waals surface area contributed by atoms with Gasteiger partial charge in [-0.05, 0) is 129 Å². The highest BCUT2D eigenvalue weighted by atomic mass is 16.5. The summed E-state index contributed by atoms with van der Waals surface area (Å²) in [4.78, 5) is 53.5. The minimum atomic E-state index is -0.296. The molecule has 3 aromatic rings. The van der Waals surface area contributed by atoms with Crippen molar-refractivity contribution in [3.05, 3.63) is 69.8 Å². The fourth-order valence-electron chi connectivity index (χ4n) is 6.95. The number of fused-ring (bicyclic) bond motifs is 8. The molecule has 0 amide bonds. The first-order valence-electron chi connectivity index (χ1n) is 16.7. The average molecular weight is 667 g/mol. The molecule has 5 heterocycles. The number of ether oxygens (including phenoxy) is 3. The van der Waals surface area contributed by atoms with Crippen molar-refractivity contribution >= 4 is 62.3 Å². The van der Waals surface area contributed by atoms with Crippen molar-refractivity contribution in [2.75, 3.05) is 14.2 Å². The van der Waals surface area contributed by atoms with Crippen molar-refractivity contribution < 1.29 is 28.6 Å². The molecule has 2 atom stereocenters. The van der Waals surface area contributed by atoms with Gasteiger partial charge in [0.05, 0.1) is 43.1 Å². The van der Waals surface area contributed by atoms with Crippen LogP contribution in [-0.2, 0) is 28.6 Å². The van der Waals surface area contributed by atoms with Gasteiger partial charge in [-0.1, -0.05) is 6.92 Å². The van der Waals surface area contributed by atoms with Crippen LogP contribution in [0.5, 0.6) is 0 Å². The van der Waals surface area contributed by atoms with E-state index in [1.807, 2.05) is 32.9 Å². The molecule has 3 aromatic heterocycles. The lowest BCUT2D eigenvalue weighted by Crippen LogP contribution is -2.15. The van der Waals surface area contributed by atoms with E-state index >= 15 is 0 Å². The highest BCUT2D eigenvalue weighted by Gasteiger charge is 2.24. The van der Waals surface area contributed by atoms with Gasteiger partial charge in [0.1, 0.15) is 0 Å². The van der Waals surface area contributed by atoms with Crippen molar-refractivity contribution in [2.45, 2.75) is 92.6 Å². The summed E-state index contributed by atoms with van der Waals surface area (Å²) in [7, 11) is 2.78. The van der Waals surface area contributed by atoms with Gasteiger partial charge < -0.3 is 24.2 Å². The lowest BCUT2D eigenvalue weighted by molar-refractivity contribution is -0.146. The molecule has 49 heavy (non-hydrogen) atoms. The third-order valence-corrected chi connectivity index (χ3v) is 9.51. The van der Waals surface area contributed by atoms with E-state index in [2.05, 4.69) is 48.9 Å². The molecule has 0 aliphatic carbocycles. The van der Waals surface area contributed by atoms with E-state index in [-0.39, 0.29) is 42.8 Å². The standard InChI is InChI=1S/C39H46N4O6/c1-20-15-27-16-31-23(4)28(10-12-37(45)47-8)34(41-31)19-35-29(11-13-38(46)48-9)24(5)32(42-35)18-33-25(6)39(36(43-33)17-30(20)40-27)21(2)14-22(3)49-26(7)44/h15-19,21-22,40,43H,10-14H2,1-9H3. The zero-order valence-corrected chi connectivity index (χ0v) is 29.9. The average Bonchev–Trinajstić information content (AvgIpc) is 3.72. The largest absolute Gasteiger partial charge is 0.469 e. The molecular formula is C39H46N4O6. The van der Waals surface area contributed by atoms with Crippen molar-refractivity contribution in [3.63, 3.8) is 0 Å². The zero-order valence-electron chi connectivity index (χ0n) is 29.9. The Kier molecular flexibility index (Phi) is 10.6. The second kappa shape index (κ2) is 14.6. The Labute approximate surface area is 287 Å². The number of carbonyl (C=O) groups is 3. The number of methoxy groups -OCH3 is 2. The van der Waals surface area contributed by atoms with E-state index in [4.69, 9.17) is 24.2 Å². The van der Waals surface area contributed by atoms with E-state index in [0.717, 1.165) is 83.8 Å². The Balaban J connectivity index is 1.81. The van der Waals surface area contributed by atoms with Crippen LogP contribution in [-0.4, -0.2) is 58.2 Å². The number of aryl methyl sites for hydroxylation is 2. The Bertz CT molecular complexity index is 2050. The Hall–Kier alpha value is -4.99.